The maximum absolute atomic E-state index is 12.5. The third-order valence-corrected chi connectivity index (χ3v) is 3.58. The normalized spacial score (nSPS) is 18.5. The Labute approximate surface area is 112 Å². The molecule has 0 saturated carbocycles. The molecule has 2 heterocycles. The van der Waals surface area contributed by atoms with Crippen molar-refractivity contribution < 1.29 is 4.79 Å². The molecule has 1 saturated heterocycles. The molecule has 3 nitrogen and oxygen atoms in total. The highest BCUT2D eigenvalue weighted by atomic mass is 16.2. The van der Waals surface area contributed by atoms with E-state index in [1.54, 1.807) is 12.3 Å². The van der Waals surface area contributed by atoms with E-state index in [1.165, 1.54) is 5.56 Å². The van der Waals surface area contributed by atoms with Crippen molar-refractivity contribution in [1.82, 2.24) is 9.88 Å². The molecular formula is C16H16N2O. The Morgan fingerprint density at radius 3 is 2.63 bits per heavy atom. The third kappa shape index (κ3) is 2.36. The van der Waals surface area contributed by atoms with Crippen molar-refractivity contribution in [3.63, 3.8) is 0 Å². The second-order valence-corrected chi connectivity index (χ2v) is 4.78. The zero-order valence-corrected chi connectivity index (χ0v) is 10.7. The van der Waals surface area contributed by atoms with Gasteiger partial charge >= 0.3 is 0 Å². The molecule has 3 heteroatoms. The standard InChI is InChI=1S/C16H16N2O/c19-16(14-9-4-5-11-17-14)18-12-6-10-15(18)13-7-2-1-3-8-13/h1-5,7-9,11,15H,6,10,12H2. The Balaban J connectivity index is 1.86. The zero-order valence-electron chi connectivity index (χ0n) is 10.7. The maximum Gasteiger partial charge on any atom is 0.272 e. The van der Waals surface area contributed by atoms with Crippen molar-refractivity contribution in [2.75, 3.05) is 6.54 Å². The fraction of sp³-hybridized carbons (Fsp3) is 0.250. The lowest BCUT2D eigenvalue weighted by molar-refractivity contribution is 0.0729. The van der Waals surface area contributed by atoms with Crippen LogP contribution in [0.25, 0.3) is 0 Å². The molecule has 1 fully saturated rings. The molecule has 1 aromatic carbocycles. The van der Waals surface area contributed by atoms with E-state index in [-0.39, 0.29) is 11.9 Å². The average molecular weight is 252 g/mol. The molecule has 2 aromatic rings. The van der Waals surface area contributed by atoms with Crippen LogP contribution in [0.1, 0.15) is 34.9 Å². The first-order valence-electron chi connectivity index (χ1n) is 6.63. The number of hydrogen-bond acceptors (Lipinski definition) is 2. The van der Waals surface area contributed by atoms with E-state index in [2.05, 4.69) is 17.1 Å². The second-order valence-electron chi connectivity index (χ2n) is 4.78. The molecule has 1 aromatic heterocycles. The van der Waals surface area contributed by atoms with Gasteiger partial charge in [-0.1, -0.05) is 36.4 Å². The summed E-state index contributed by atoms with van der Waals surface area (Å²) in [6, 6.07) is 15.9. The minimum absolute atomic E-state index is 0.0342. The summed E-state index contributed by atoms with van der Waals surface area (Å²) in [6.07, 6.45) is 3.75. The summed E-state index contributed by atoms with van der Waals surface area (Å²) in [6.45, 7) is 0.814. The molecule has 1 aliphatic rings. The highest BCUT2D eigenvalue weighted by molar-refractivity contribution is 5.92. The van der Waals surface area contributed by atoms with Gasteiger partial charge in [-0.25, -0.2) is 0 Å². The first-order chi connectivity index (χ1) is 9.36. The molecule has 1 atom stereocenters. The van der Waals surface area contributed by atoms with Crippen molar-refractivity contribution in [1.29, 1.82) is 0 Å². The molecule has 1 aliphatic heterocycles. The number of rotatable bonds is 2. The van der Waals surface area contributed by atoms with Gasteiger partial charge in [-0.2, -0.15) is 0 Å². The van der Waals surface area contributed by atoms with Gasteiger partial charge in [0.2, 0.25) is 0 Å². The molecule has 0 radical (unpaired) electrons. The molecule has 0 aliphatic carbocycles. The fourth-order valence-corrected chi connectivity index (χ4v) is 2.67. The highest BCUT2D eigenvalue weighted by Crippen LogP contribution is 2.32. The van der Waals surface area contributed by atoms with Crippen LogP contribution in [0.3, 0.4) is 0 Å². The lowest BCUT2D eigenvalue weighted by Crippen LogP contribution is -2.31. The van der Waals surface area contributed by atoms with Gasteiger partial charge in [0.05, 0.1) is 6.04 Å². The van der Waals surface area contributed by atoms with Gasteiger partial charge in [0, 0.05) is 12.7 Å². The Morgan fingerprint density at radius 2 is 1.89 bits per heavy atom. The van der Waals surface area contributed by atoms with E-state index < -0.39 is 0 Å². The Kier molecular flexibility index (Phi) is 3.27. The largest absolute Gasteiger partial charge is 0.330 e. The van der Waals surface area contributed by atoms with Crippen LogP contribution in [0.15, 0.2) is 54.7 Å². The van der Waals surface area contributed by atoms with Crippen LogP contribution in [0, 0.1) is 0 Å². The first kappa shape index (κ1) is 11.9. The summed E-state index contributed by atoms with van der Waals surface area (Å²) >= 11 is 0. The lowest BCUT2D eigenvalue weighted by atomic mass is 10.0. The molecule has 19 heavy (non-hydrogen) atoms. The summed E-state index contributed by atoms with van der Waals surface area (Å²) in [5, 5.41) is 0. The van der Waals surface area contributed by atoms with Crippen LogP contribution in [-0.2, 0) is 0 Å². The van der Waals surface area contributed by atoms with Gasteiger partial charge in [-0.15, -0.1) is 0 Å². The summed E-state index contributed by atoms with van der Waals surface area (Å²) in [5.74, 6) is 0.0342. The number of aromatic nitrogens is 1. The fourth-order valence-electron chi connectivity index (χ4n) is 2.67. The van der Waals surface area contributed by atoms with Gasteiger partial charge in [0.15, 0.2) is 0 Å². The molecule has 1 unspecified atom stereocenters. The number of likely N-dealkylation sites (tertiary alicyclic amines) is 1. The third-order valence-electron chi connectivity index (χ3n) is 3.58. The van der Waals surface area contributed by atoms with Gasteiger partial charge in [0.1, 0.15) is 5.69 Å². The zero-order chi connectivity index (χ0) is 13.1. The first-order valence-corrected chi connectivity index (χ1v) is 6.63. The highest BCUT2D eigenvalue weighted by Gasteiger charge is 2.30. The van der Waals surface area contributed by atoms with E-state index in [0.717, 1.165) is 19.4 Å². The average Bonchev–Trinajstić information content (AvgIpc) is 2.98. The number of amides is 1. The van der Waals surface area contributed by atoms with Crippen LogP contribution >= 0.6 is 0 Å². The van der Waals surface area contributed by atoms with Crippen molar-refractivity contribution in [3.05, 3.63) is 66.0 Å². The Morgan fingerprint density at radius 1 is 1.11 bits per heavy atom. The lowest BCUT2D eigenvalue weighted by Gasteiger charge is -2.24. The topological polar surface area (TPSA) is 33.2 Å². The van der Waals surface area contributed by atoms with E-state index in [9.17, 15) is 4.79 Å². The van der Waals surface area contributed by atoms with Crippen LogP contribution in [0.4, 0.5) is 0 Å². The number of pyridine rings is 1. The minimum atomic E-state index is 0.0342. The number of benzene rings is 1. The van der Waals surface area contributed by atoms with E-state index in [4.69, 9.17) is 0 Å². The van der Waals surface area contributed by atoms with Gasteiger partial charge in [0.25, 0.3) is 5.91 Å². The summed E-state index contributed by atoms with van der Waals surface area (Å²) in [5.41, 5.74) is 1.75. The molecular weight excluding hydrogens is 236 g/mol. The van der Waals surface area contributed by atoms with E-state index >= 15 is 0 Å². The summed E-state index contributed by atoms with van der Waals surface area (Å²) < 4.78 is 0. The van der Waals surface area contributed by atoms with Gasteiger partial charge < -0.3 is 4.90 Å². The molecule has 1 amide bonds. The number of hydrogen-bond donors (Lipinski definition) is 0. The number of nitrogens with zero attached hydrogens (tertiary/aromatic N) is 2. The predicted molar refractivity (Wildman–Crippen MR) is 73.7 cm³/mol. The number of carbonyl (C=O) groups excluding carboxylic acids is 1. The van der Waals surface area contributed by atoms with Crippen molar-refractivity contribution in [2.24, 2.45) is 0 Å². The van der Waals surface area contributed by atoms with Crippen LogP contribution < -0.4 is 0 Å². The second kappa shape index (κ2) is 5.22. The van der Waals surface area contributed by atoms with Gasteiger partial charge in [-0.05, 0) is 30.5 Å². The molecule has 0 bridgehead atoms. The predicted octanol–water partition coefficient (Wildman–Crippen LogP) is 3.06. The summed E-state index contributed by atoms with van der Waals surface area (Å²) in [7, 11) is 0. The van der Waals surface area contributed by atoms with Crippen LogP contribution in [-0.4, -0.2) is 22.3 Å². The van der Waals surface area contributed by atoms with Crippen LogP contribution in [0.2, 0.25) is 0 Å². The minimum Gasteiger partial charge on any atom is -0.330 e. The SMILES string of the molecule is O=C(c1ccccn1)N1CCCC1c1ccccc1. The molecule has 0 N–H and O–H groups in total. The molecule has 96 valence electrons. The smallest absolute Gasteiger partial charge is 0.272 e. The quantitative estimate of drug-likeness (QED) is 0.823. The van der Waals surface area contributed by atoms with E-state index in [0.29, 0.717) is 5.69 Å². The monoisotopic (exact) mass is 252 g/mol. The van der Waals surface area contributed by atoms with Crippen LogP contribution in [0.5, 0.6) is 0 Å². The van der Waals surface area contributed by atoms with Crippen molar-refractivity contribution >= 4 is 5.91 Å². The maximum atomic E-state index is 12.5. The molecule has 3 rings (SSSR count). The molecule has 0 spiro atoms. The van der Waals surface area contributed by atoms with Gasteiger partial charge in [-0.3, -0.25) is 9.78 Å². The van der Waals surface area contributed by atoms with Crippen molar-refractivity contribution in [3.8, 4) is 0 Å². The van der Waals surface area contributed by atoms with Crippen molar-refractivity contribution in [2.45, 2.75) is 18.9 Å². The number of carbonyl (C=O) groups is 1. The van der Waals surface area contributed by atoms with E-state index in [1.807, 2.05) is 35.2 Å². The summed E-state index contributed by atoms with van der Waals surface area (Å²) in [4.78, 5) is 18.6. The Hall–Kier alpha value is -2.16. The Bertz CT molecular complexity index is 553.